The first kappa shape index (κ1) is 23.3. The van der Waals surface area contributed by atoms with E-state index < -0.39 is 17.6 Å². The van der Waals surface area contributed by atoms with Crippen LogP contribution in [0.4, 0.5) is 13.2 Å². The third-order valence-electron chi connectivity index (χ3n) is 7.38. The van der Waals surface area contributed by atoms with Crippen LogP contribution in [0.15, 0.2) is 78.9 Å². The maximum absolute atomic E-state index is 13.3. The summed E-state index contributed by atoms with van der Waals surface area (Å²) >= 11 is 0. The lowest BCUT2D eigenvalue weighted by atomic mass is 9.94. The van der Waals surface area contributed by atoms with Crippen LogP contribution in [0.2, 0.25) is 0 Å². The molecule has 2 amide bonds. The summed E-state index contributed by atoms with van der Waals surface area (Å²) in [7, 11) is 0. The average molecular weight is 504 g/mol. The zero-order valence-electron chi connectivity index (χ0n) is 19.9. The van der Waals surface area contributed by atoms with Crippen LogP contribution in [-0.2, 0) is 23.9 Å². The van der Waals surface area contributed by atoms with E-state index in [1.54, 1.807) is 0 Å². The zero-order valence-corrected chi connectivity index (χ0v) is 19.9. The Kier molecular flexibility index (Phi) is 5.55. The first-order valence-corrected chi connectivity index (χ1v) is 12.2. The minimum absolute atomic E-state index is 0.0927. The van der Waals surface area contributed by atoms with Crippen LogP contribution in [0.1, 0.15) is 38.8 Å². The lowest BCUT2D eigenvalue weighted by Crippen LogP contribution is -2.56. The standard InChI is InChI=1S/C29H24F3N3O2/c30-29(31,32)21-12-10-20(11-13-21)28(37)33-17-25-27-23(14-15-34(25)26(36)18-33)22-8-4-5-9-24(22)35(27)16-19-6-2-1-3-7-19/h1-13,25H,14-18H2. The Morgan fingerprint density at radius 1 is 0.919 bits per heavy atom. The molecule has 4 aromatic rings. The Morgan fingerprint density at radius 2 is 1.62 bits per heavy atom. The van der Waals surface area contributed by atoms with Gasteiger partial charge in [-0.05, 0) is 47.9 Å². The Labute approximate surface area is 211 Å². The molecule has 0 bridgehead atoms. The predicted molar refractivity (Wildman–Crippen MR) is 133 cm³/mol. The summed E-state index contributed by atoms with van der Waals surface area (Å²) in [6.45, 7) is 1.38. The van der Waals surface area contributed by atoms with Crippen LogP contribution in [0, 0.1) is 0 Å². The number of nitrogens with zero attached hydrogens (tertiary/aromatic N) is 3. The molecule has 1 atom stereocenters. The molecule has 0 radical (unpaired) electrons. The maximum Gasteiger partial charge on any atom is 0.416 e. The monoisotopic (exact) mass is 503 g/mol. The summed E-state index contributed by atoms with van der Waals surface area (Å²) in [5.41, 5.74) is 3.74. The summed E-state index contributed by atoms with van der Waals surface area (Å²) < 4.78 is 41.2. The molecule has 1 aromatic heterocycles. The van der Waals surface area contributed by atoms with E-state index in [0.717, 1.165) is 40.7 Å². The van der Waals surface area contributed by atoms with E-state index in [1.807, 2.05) is 35.2 Å². The van der Waals surface area contributed by atoms with Crippen LogP contribution in [0.5, 0.6) is 0 Å². The van der Waals surface area contributed by atoms with Gasteiger partial charge in [-0.2, -0.15) is 13.2 Å². The molecule has 0 spiro atoms. The van der Waals surface area contributed by atoms with Gasteiger partial charge in [0.2, 0.25) is 5.91 Å². The SMILES string of the molecule is O=C(c1ccc(C(F)(F)F)cc1)N1CC(=O)N2CCc3c(n(Cc4ccccc4)c4ccccc34)C2C1. The van der Waals surface area contributed by atoms with E-state index in [1.165, 1.54) is 22.6 Å². The van der Waals surface area contributed by atoms with Crippen LogP contribution in [0.3, 0.4) is 0 Å². The maximum atomic E-state index is 13.3. The van der Waals surface area contributed by atoms with Crippen molar-refractivity contribution in [3.05, 3.63) is 107 Å². The molecular formula is C29H24F3N3O2. The number of rotatable bonds is 3. The van der Waals surface area contributed by atoms with E-state index >= 15 is 0 Å². The van der Waals surface area contributed by atoms with Crippen LogP contribution >= 0.6 is 0 Å². The largest absolute Gasteiger partial charge is 0.416 e. The number of carbonyl (C=O) groups is 2. The molecule has 1 unspecified atom stereocenters. The second kappa shape index (κ2) is 8.80. The van der Waals surface area contributed by atoms with Crippen molar-refractivity contribution >= 4 is 22.7 Å². The number of benzene rings is 3. The lowest BCUT2D eigenvalue weighted by Gasteiger charge is -2.44. The van der Waals surface area contributed by atoms with E-state index in [2.05, 4.69) is 28.8 Å². The van der Waals surface area contributed by atoms with Crippen molar-refractivity contribution in [2.45, 2.75) is 25.2 Å². The lowest BCUT2D eigenvalue weighted by molar-refractivity contribution is -0.139. The van der Waals surface area contributed by atoms with Crippen molar-refractivity contribution in [1.82, 2.24) is 14.4 Å². The number of hydrogen-bond acceptors (Lipinski definition) is 2. The van der Waals surface area contributed by atoms with Gasteiger partial charge in [0.1, 0.15) is 6.54 Å². The summed E-state index contributed by atoms with van der Waals surface area (Å²) in [6, 6.07) is 22.1. The van der Waals surface area contributed by atoms with Crippen LogP contribution in [-0.4, -0.2) is 45.8 Å². The van der Waals surface area contributed by atoms with Gasteiger partial charge in [0.25, 0.3) is 5.91 Å². The van der Waals surface area contributed by atoms with Gasteiger partial charge in [0.15, 0.2) is 0 Å². The Hall–Kier alpha value is -4.07. The molecule has 6 rings (SSSR count). The molecule has 0 N–H and O–H groups in total. The van der Waals surface area contributed by atoms with Gasteiger partial charge >= 0.3 is 6.18 Å². The van der Waals surface area contributed by atoms with E-state index in [0.29, 0.717) is 13.1 Å². The van der Waals surface area contributed by atoms with Gasteiger partial charge in [-0.1, -0.05) is 48.5 Å². The third kappa shape index (κ3) is 4.06. The summed E-state index contributed by atoms with van der Waals surface area (Å²) in [6.07, 6.45) is -3.75. The fraction of sp³-hybridized carbons (Fsp3) is 0.241. The first-order valence-electron chi connectivity index (χ1n) is 12.2. The Bertz CT molecular complexity index is 1490. The van der Waals surface area contributed by atoms with Gasteiger partial charge in [-0.25, -0.2) is 0 Å². The van der Waals surface area contributed by atoms with Crippen molar-refractivity contribution in [3.63, 3.8) is 0 Å². The molecule has 2 aliphatic rings. The summed E-state index contributed by atoms with van der Waals surface area (Å²) in [5.74, 6) is -0.599. The molecule has 5 nitrogen and oxygen atoms in total. The highest BCUT2D eigenvalue weighted by atomic mass is 19.4. The van der Waals surface area contributed by atoms with Crippen molar-refractivity contribution in [2.24, 2.45) is 0 Å². The molecule has 188 valence electrons. The summed E-state index contributed by atoms with van der Waals surface area (Å²) in [5, 5.41) is 1.15. The predicted octanol–water partition coefficient (Wildman–Crippen LogP) is 5.29. The number of hydrogen-bond donors (Lipinski definition) is 0. The number of amides is 2. The van der Waals surface area contributed by atoms with Crippen LogP contribution in [0.25, 0.3) is 10.9 Å². The highest BCUT2D eigenvalue weighted by molar-refractivity contribution is 5.97. The minimum atomic E-state index is -4.48. The molecule has 3 heterocycles. The fourth-order valence-electron chi connectivity index (χ4n) is 5.66. The Morgan fingerprint density at radius 3 is 2.35 bits per heavy atom. The van der Waals surface area contributed by atoms with Crippen molar-refractivity contribution in [2.75, 3.05) is 19.6 Å². The van der Waals surface area contributed by atoms with Crippen molar-refractivity contribution in [3.8, 4) is 0 Å². The molecule has 2 aliphatic heterocycles. The number of para-hydroxylation sites is 1. The van der Waals surface area contributed by atoms with E-state index in [4.69, 9.17) is 0 Å². The number of aromatic nitrogens is 1. The van der Waals surface area contributed by atoms with Gasteiger partial charge in [-0.3, -0.25) is 9.59 Å². The van der Waals surface area contributed by atoms with Gasteiger partial charge in [0, 0.05) is 41.8 Å². The quantitative estimate of drug-likeness (QED) is 0.382. The molecular weight excluding hydrogens is 479 g/mol. The topological polar surface area (TPSA) is 45.6 Å². The van der Waals surface area contributed by atoms with Crippen molar-refractivity contribution in [1.29, 1.82) is 0 Å². The van der Waals surface area contributed by atoms with Crippen LogP contribution < -0.4 is 0 Å². The molecule has 0 saturated carbocycles. The number of alkyl halides is 3. The Balaban J connectivity index is 1.38. The molecule has 37 heavy (non-hydrogen) atoms. The average Bonchev–Trinajstić information content (AvgIpc) is 3.22. The molecule has 0 aliphatic carbocycles. The third-order valence-corrected chi connectivity index (χ3v) is 7.38. The van der Waals surface area contributed by atoms with Gasteiger partial charge in [0.05, 0.1) is 11.6 Å². The van der Waals surface area contributed by atoms with Gasteiger partial charge < -0.3 is 14.4 Å². The number of carbonyl (C=O) groups excluding carboxylic acids is 2. The fourth-order valence-corrected chi connectivity index (χ4v) is 5.66. The van der Waals surface area contributed by atoms with E-state index in [9.17, 15) is 22.8 Å². The second-order valence-corrected chi connectivity index (χ2v) is 9.57. The highest BCUT2D eigenvalue weighted by Crippen LogP contribution is 2.40. The number of fused-ring (bicyclic) bond motifs is 5. The highest BCUT2D eigenvalue weighted by Gasteiger charge is 2.41. The van der Waals surface area contributed by atoms with Crippen molar-refractivity contribution < 1.29 is 22.8 Å². The molecule has 3 aromatic carbocycles. The molecule has 1 fully saturated rings. The number of piperazine rings is 1. The smallest absolute Gasteiger partial charge is 0.338 e. The minimum Gasteiger partial charge on any atom is -0.338 e. The normalized spacial score (nSPS) is 17.6. The summed E-state index contributed by atoms with van der Waals surface area (Å²) in [4.78, 5) is 29.8. The zero-order chi connectivity index (χ0) is 25.7. The second-order valence-electron chi connectivity index (χ2n) is 9.57. The number of halogens is 3. The molecule has 8 heteroatoms. The first-order chi connectivity index (χ1) is 17.8. The van der Waals surface area contributed by atoms with Gasteiger partial charge in [-0.15, -0.1) is 0 Å². The van der Waals surface area contributed by atoms with E-state index in [-0.39, 0.29) is 30.6 Å². The molecule has 1 saturated heterocycles.